The minimum Gasteiger partial charge on any atom is -0.398 e. The summed E-state index contributed by atoms with van der Waals surface area (Å²) in [6.07, 6.45) is 1.73. The van der Waals surface area contributed by atoms with Gasteiger partial charge in [0.15, 0.2) is 9.84 Å². The molecular weight excluding hydrogens is 300 g/mol. The molecule has 3 N–H and O–H groups in total. The maximum atomic E-state index is 12.4. The third-order valence-corrected chi connectivity index (χ3v) is 5.31. The van der Waals surface area contributed by atoms with Crippen LogP contribution in [0, 0.1) is 0 Å². The Hall–Kier alpha value is -1.27. The topological polar surface area (TPSA) is 89.3 Å². The Morgan fingerprint density at radius 3 is 2.65 bits per heavy atom. The fourth-order valence-corrected chi connectivity index (χ4v) is 3.21. The van der Waals surface area contributed by atoms with Crippen LogP contribution in [0.15, 0.2) is 23.1 Å². The quantitative estimate of drug-likeness (QED) is 0.620. The third-order valence-electron chi connectivity index (χ3n) is 2.94. The van der Waals surface area contributed by atoms with Crippen molar-refractivity contribution in [3.8, 4) is 0 Å². The van der Waals surface area contributed by atoms with Crippen molar-refractivity contribution in [1.82, 2.24) is 5.32 Å². The van der Waals surface area contributed by atoms with Gasteiger partial charge < -0.3 is 11.1 Å². The molecule has 7 heteroatoms. The van der Waals surface area contributed by atoms with Crippen molar-refractivity contribution in [3.63, 3.8) is 0 Å². The molecule has 5 nitrogen and oxygen atoms in total. The van der Waals surface area contributed by atoms with E-state index in [0.717, 1.165) is 12.8 Å². The molecule has 0 heterocycles. The number of sulfone groups is 1. The molecule has 0 fully saturated rings. The van der Waals surface area contributed by atoms with E-state index < -0.39 is 21.0 Å². The molecule has 1 aromatic rings. The summed E-state index contributed by atoms with van der Waals surface area (Å²) in [4.78, 5) is 11.8. The average molecular weight is 319 g/mol. The van der Waals surface area contributed by atoms with E-state index in [1.807, 2.05) is 6.92 Å². The van der Waals surface area contributed by atoms with Crippen molar-refractivity contribution < 1.29 is 13.2 Å². The van der Waals surface area contributed by atoms with Gasteiger partial charge in [0, 0.05) is 11.6 Å². The van der Waals surface area contributed by atoms with Gasteiger partial charge in [0.05, 0.1) is 10.6 Å². The van der Waals surface area contributed by atoms with Crippen molar-refractivity contribution >= 4 is 33.0 Å². The van der Waals surface area contributed by atoms with Gasteiger partial charge in [0.1, 0.15) is 5.25 Å². The predicted molar refractivity (Wildman–Crippen MR) is 80.4 cm³/mol. The Morgan fingerprint density at radius 2 is 2.10 bits per heavy atom. The van der Waals surface area contributed by atoms with Gasteiger partial charge in [0.2, 0.25) is 5.91 Å². The molecule has 112 valence electrons. The van der Waals surface area contributed by atoms with E-state index in [1.165, 1.54) is 25.1 Å². The van der Waals surface area contributed by atoms with Crippen LogP contribution in [0.2, 0.25) is 5.02 Å². The molecule has 1 atom stereocenters. The summed E-state index contributed by atoms with van der Waals surface area (Å²) in [5, 5.41) is 1.76. The van der Waals surface area contributed by atoms with Crippen molar-refractivity contribution in [2.24, 2.45) is 0 Å². The lowest BCUT2D eigenvalue weighted by molar-refractivity contribution is -0.120. The lowest BCUT2D eigenvalue weighted by Crippen LogP contribution is -2.38. The van der Waals surface area contributed by atoms with Gasteiger partial charge in [-0.2, -0.15) is 0 Å². The van der Waals surface area contributed by atoms with Gasteiger partial charge in [0.25, 0.3) is 0 Å². The van der Waals surface area contributed by atoms with Gasteiger partial charge in [-0.25, -0.2) is 8.42 Å². The first-order valence-corrected chi connectivity index (χ1v) is 8.29. The number of hydrogen-bond donors (Lipinski definition) is 2. The zero-order valence-electron chi connectivity index (χ0n) is 11.5. The van der Waals surface area contributed by atoms with Gasteiger partial charge in [-0.3, -0.25) is 4.79 Å². The molecule has 0 bridgehead atoms. The first kappa shape index (κ1) is 16.8. The van der Waals surface area contributed by atoms with Gasteiger partial charge >= 0.3 is 0 Å². The summed E-state index contributed by atoms with van der Waals surface area (Å²) in [5.41, 5.74) is 5.72. The van der Waals surface area contributed by atoms with Crippen LogP contribution < -0.4 is 11.1 Å². The van der Waals surface area contributed by atoms with Crippen LogP contribution in [0.25, 0.3) is 0 Å². The van der Waals surface area contributed by atoms with E-state index in [0.29, 0.717) is 11.6 Å². The van der Waals surface area contributed by atoms with E-state index >= 15 is 0 Å². The number of unbranched alkanes of at least 4 members (excludes halogenated alkanes) is 1. The SMILES string of the molecule is CCCCNC(=O)C(C)S(=O)(=O)c1ccc(Cl)cc1N. The van der Waals surface area contributed by atoms with Crippen LogP contribution in [0.1, 0.15) is 26.7 Å². The summed E-state index contributed by atoms with van der Waals surface area (Å²) in [6, 6.07) is 4.12. The standard InChI is InChI=1S/C13H19ClN2O3S/c1-3-4-7-16-13(17)9(2)20(18,19)12-6-5-10(14)8-11(12)15/h5-6,8-9H,3-4,7,15H2,1-2H3,(H,16,17). The fourth-order valence-electron chi connectivity index (χ4n) is 1.64. The van der Waals surface area contributed by atoms with Crippen LogP contribution in [0.4, 0.5) is 5.69 Å². The van der Waals surface area contributed by atoms with Crippen molar-refractivity contribution in [2.45, 2.75) is 36.8 Å². The van der Waals surface area contributed by atoms with Gasteiger partial charge in [-0.1, -0.05) is 24.9 Å². The monoisotopic (exact) mass is 318 g/mol. The Labute approximate surface area is 124 Å². The second-order valence-corrected chi connectivity index (χ2v) is 7.19. The highest BCUT2D eigenvalue weighted by Gasteiger charge is 2.31. The Morgan fingerprint density at radius 1 is 1.45 bits per heavy atom. The number of nitrogen functional groups attached to an aromatic ring is 1. The summed E-state index contributed by atoms with van der Waals surface area (Å²) < 4.78 is 24.7. The van der Waals surface area contributed by atoms with Gasteiger partial charge in [-0.15, -0.1) is 0 Å². The first-order chi connectivity index (χ1) is 9.30. The highest BCUT2D eigenvalue weighted by molar-refractivity contribution is 7.93. The number of anilines is 1. The highest BCUT2D eigenvalue weighted by atomic mass is 35.5. The second kappa shape index (κ2) is 6.95. The molecule has 0 saturated heterocycles. The molecule has 1 unspecified atom stereocenters. The Balaban J connectivity index is 2.95. The zero-order valence-corrected chi connectivity index (χ0v) is 13.1. The Bertz CT molecular complexity index is 587. The molecule has 0 aromatic heterocycles. The van der Waals surface area contributed by atoms with E-state index in [1.54, 1.807) is 0 Å². The number of hydrogen-bond acceptors (Lipinski definition) is 4. The number of amides is 1. The fraction of sp³-hybridized carbons (Fsp3) is 0.462. The van der Waals surface area contributed by atoms with Crippen molar-refractivity contribution in [1.29, 1.82) is 0 Å². The molecule has 0 saturated carbocycles. The van der Waals surface area contributed by atoms with Gasteiger partial charge in [-0.05, 0) is 31.5 Å². The lowest BCUT2D eigenvalue weighted by Gasteiger charge is -2.14. The summed E-state index contributed by atoms with van der Waals surface area (Å²) >= 11 is 5.74. The van der Waals surface area contributed by atoms with E-state index in [2.05, 4.69) is 5.32 Å². The largest absolute Gasteiger partial charge is 0.398 e. The highest BCUT2D eigenvalue weighted by Crippen LogP contribution is 2.25. The molecule has 0 spiro atoms. The number of nitrogens with two attached hydrogens (primary N) is 1. The third kappa shape index (κ3) is 3.86. The number of benzene rings is 1. The first-order valence-electron chi connectivity index (χ1n) is 6.37. The number of halogens is 1. The number of carbonyl (C=O) groups excluding carboxylic acids is 1. The van der Waals surface area contributed by atoms with E-state index in [-0.39, 0.29) is 10.6 Å². The molecule has 1 rings (SSSR count). The molecule has 0 aliphatic rings. The minimum absolute atomic E-state index is 0.0470. The summed E-state index contributed by atoms with van der Waals surface area (Å²) in [6.45, 7) is 3.80. The lowest BCUT2D eigenvalue weighted by atomic mass is 10.3. The van der Waals surface area contributed by atoms with E-state index in [9.17, 15) is 13.2 Å². The summed E-state index contributed by atoms with van der Waals surface area (Å²) in [5.74, 6) is -0.521. The maximum Gasteiger partial charge on any atom is 0.238 e. The number of rotatable bonds is 6. The number of carbonyl (C=O) groups is 1. The van der Waals surface area contributed by atoms with E-state index in [4.69, 9.17) is 17.3 Å². The van der Waals surface area contributed by atoms with Crippen molar-refractivity contribution in [3.05, 3.63) is 23.2 Å². The van der Waals surface area contributed by atoms with Crippen LogP contribution in [-0.4, -0.2) is 26.1 Å². The predicted octanol–water partition coefficient (Wildman–Crippen LogP) is 2.00. The second-order valence-electron chi connectivity index (χ2n) is 4.51. The van der Waals surface area contributed by atoms with Crippen LogP contribution >= 0.6 is 11.6 Å². The maximum absolute atomic E-state index is 12.4. The van der Waals surface area contributed by atoms with Crippen molar-refractivity contribution in [2.75, 3.05) is 12.3 Å². The Kier molecular flexibility index (Phi) is 5.83. The van der Waals surface area contributed by atoms with Crippen LogP contribution in [0.3, 0.4) is 0 Å². The molecule has 0 aliphatic heterocycles. The molecule has 0 aliphatic carbocycles. The molecule has 0 radical (unpaired) electrons. The van der Waals surface area contributed by atoms with Crippen LogP contribution in [-0.2, 0) is 14.6 Å². The molecule has 20 heavy (non-hydrogen) atoms. The summed E-state index contributed by atoms with van der Waals surface area (Å²) in [7, 11) is -3.82. The minimum atomic E-state index is -3.82. The smallest absolute Gasteiger partial charge is 0.238 e. The molecule has 1 amide bonds. The zero-order chi connectivity index (χ0) is 15.3. The van der Waals surface area contributed by atoms with Crippen LogP contribution in [0.5, 0.6) is 0 Å². The molecule has 1 aromatic carbocycles. The average Bonchev–Trinajstić information content (AvgIpc) is 2.37. The number of nitrogens with one attached hydrogen (secondary N) is 1. The molecular formula is C13H19ClN2O3S. The normalized spacial score (nSPS) is 12.9.